The Balaban J connectivity index is 1.99. The van der Waals surface area contributed by atoms with Crippen LogP contribution in [0, 0.1) is 5.21 Å². The van der Waals surface area contributed by atoms with E-state index >= 15 is 0 Å². The SMILES string of the molecule is CC(Sc1cccc[n+]1[O-])C(=O)Nc1ccc(Br)cc1. The number of carbonyl (C=O) groups excluding carboxylic acids is 1. The van der Waals surface area contributed by atoms with Crippen molar-refractivity contribution in [3.05, 3.63) is 58.3 Å². The van der Waals surface area contributed by atoms with Crippen LogP contribution in [0.1, 0.15) is 6.92 Å². The number of nitrogens with zero attached hydrogens (tertiary/aromatic N) is 1. The Hall–Kier alpha value is -1.53. The molecule has 1 aromatic carbocycles. The van der Waals surface area contributed by atoms with Crippen LogP contribution in [-0.4, -0.2) is 11.2 Å². The van der Waals surface area contributed by atoms with E-state index < -0.39 is 0 Å². The molecule has 2 rings (SSSR count). The van der Waals surface area contributed by atoms with Gasteiger partial charge in [0.25, 0.3) is 5.03 Å². The standard InChI is InChI=1S/C14H13BrN2O2S/c1-10(20-13-4-2-3-9-17(13)19)14(18)16-12-7-5-11(15)6-8-12/h2-10H,1H3,(H,16,18). The molecule has 1 atom stereocenters. The lowest BCUT2D eigenvalue weighted by Crippen LogP contribution is -2.30. The van der Waals surface area contributed by atoms with Crippen LogP contribution in [0.5, 0.6) is 0 Å². The molecule has 2 aromatic rings. The molecule has 4 nitrogen and oxygen atoms in total. The van der Waals surface area contributed by atoms with Crippen LogP contribution in [0.3, 0.4) is 0 Å². The summed E-state index contributed by atoms with van der Waals surface area (Å²) in [6.07, 6.45) is 1.42. The number of halogens is 1. The van der Waals surface area contributed by atoms with E-state index in [9.17, 15) is 10.0 Å². The van der Waals surface area contributed by atoms with Crippen molar-refractivity contribution < 1.29 is 9.52 Å². The largest absolute Gasteiger partial charge is 0.618 e. The molecular weight excluding hydrogens is 340 g/mol. The molecule has 0 saturated carbocycles. The summed E-state index contributed by atoms with van der Waals surface area (Å²) in [5.41, 5.74) is 0.730. The van der Waals surface area contributed by atoms with Gasteiger partial charge in [0, 0.05) is 22.3 Å². The number of aromatic nitrogens is 1. The summed E-state index contributed by atoms with van der Waals surface area (Å²) in [4.78, 5) is 12.1. The predicted octanol–water partition coefficient (Wildman–Crippen LogP) is 3.20. The maximum absolute atomic E-state index is 12.1. The number of hydrogen-bond donors (Lipinski definition) is 1. The van der Waals surface area contributed by atoms with Gasteiger partial charge in [-0.2, -0.15) is 4.73 Å². The fraction of sp³-hybridized carbons (Fsp3) is 0.143. The lowest BCUT2D eigenvalue weighted by molar-refractivity contribution is -0.645. The minimum absolute atomic E-state index is 0.138. The van der Waals surface area contributed by atoms with Crippen molar-refractivity contribution in [3.8, 4) is 0 Å². The van der Waals surface area contributed by atoms with E-state index in [0.717, 1.165) is 14.9 Å². The smallest absolute Gasteiger partial charge is 0.252 e. The summed E-state index contributed by atoms with van der Waals surface area (Å²) < 4.78 is 1.71. The molecule has 0 aliphatic carbocycles. The van der Waals surface area contributed by atoms with Crippen molar-refractivity contribution in [3.63, 3.8) is 0 Å². The molecular formula is C14H13BrN2O2S. The minimum atomic E-state index is -0.360. The second-order valence-electron chi connectivity index (χ2n) is 4.12. The number of benzene rings is 1. The summed E-state index contributed by atoms with van der Waals surface area (Å²) in [5, 5.41) is 14.5. The van der Waals surface area contributed by atoms with Crippen LogP contribution in [-0.2, 0) is 4.79 Å². The zero-order valence-corrected chi connectivity index (χ0v) is 13.1. The van der Waals surface area contributed by atoms with E-state index in [4.69, 9.17) is 0 Å². The molecule has 1 amide bonds. The first-order valence-corrected chi connectivity index (χ1v) is 7.65. The second kappa shape index (κ2) is 6.76. The average Bonchev–Trinajstić information content (AvgIpc) is 2.44. The summed E-state index contributed by atoms with van der Waals surface area (Å²) in [7, 11) is 0. The number of nitrogens with one attached hydrogen (secondary N) is 1. The van der Waals surface area contributed by atoms with Gasteiger partial charge in [0.15, 0.2) is 6.20 Å². The summed E-state index contributed by atoms with van der Waals surface area (Å²) in [5.74, 6) is -0.138. The highest BCUT2D eigenvalue weighted by molar-refractivity contribution is 9.10. The third kappa shape index (κ3) is 3.98. The van der Waals surface area contributed by atoms with Gasteiger partial charge >= 0.3 is 0 Å². The Labute approximate surface area is 129 Å². The zero-order chi connectivity index (χ0) is 14.5. The van der Waals surface area contributed by atoms with Gasteiger partial charge < -0.3 is 10.5 Å². The van der Waals surface area contributed by atoms with Gasteiger partial charge in [-0.25, -0.2) is 0 Å². The van der Waals surface area contributed by atoms with E-state index in [1.54, 1.807) is 25.1 Å². The van der Waals surface area contributed by atoms with E-state index in [1.165, 1.54) is 18.0 Å². The first-order chi connectivity index (χ1) is 9.56. The molecule has 0 aliphatic rings. The van der Waals surface area contributed by atoms with Gasteiger partial charge in [-0.15, -0.1) is 0 Å². The highest BCUT2D eigenvalue weighted by Crippen LogP contribution is 2.21. The molecule has 1 heterocycles. The van der Waals surface area contributed by atoms with Crippen LogP contribution >= 0.6 is 27.7 Å². The molecule has 0 aliphatic heterocycles. The summed E-state index contributed by atoms with van der Waals surface area (Å²) in [6.45, 7) is 1.77. The Morgan fingerprint density at radius 1 is 1.30 bits per heavy atom. The Morgan fingerprint density at radius 2 is 2.00 bits per heavy atom. The quantitative estimate of drug-likeness (QED) is 0.522. The van der Waals surface area contributed by atoms with Crippen LogP contribution < -0.4 is 10.0 Å². The molecule has 104 valence electrons. The summed E-state index contributed by atoms with van der Waals surface area (Å²) in [6, 6.07) is 12.5. The van der Waals surface area contributed by atoms with Gasteiger partial charge in [0.1, 0.15) is 0 Å². The third-order valence-electron chi connectivity index (χ3n) is 2.57. The number of hydrogen-bond acceptors (Lipinski definition) is 3. The van der Waals surface area contributed by atoms with Gasteiger partial charge in [0.2, 0.25) is 5.91 Å². The lowest BCUT2D eigenvalue weighted by Gasteiger charge is -2.11. The molecule has 0 bridgehead atoms. The third-order valence-corrected chi connectivity index (χ3v) is 4.22. The van der Waals surface area contributed by atoms with Gasteiger partial charge in [-0.1, -0.05) is 15.9 Å². The molecule has 0 spiro atoms. The topological polar surface area (TPSA) is 56.0 Å². The van der Waals surface area contributed by atoms with Crippen molar-refractivity contribution >= 4 is 39.3 Å². The lowest BCUT2D eigenvalue weighted by atomic mass is 10.3. The van der Waals surface area contributed by atoms with E-state index in [1.807, 2.05) is 24.3 Å². The monoisotopic (exact) mass is 352 g/mol. The maximum atomic E-state index is 12.1. The molecule has 20 heavy (non-hydrogen) atoms. The number of pyridine rings is 1. The minimum Gasteiger partial charge on any atom is -0.618 e. The predicted molar refractivity (Wildman–Crippen MR) is 83.5 cm³/mol. The number of anilines is 1. The first-order valence-electron chi connectivity index (χ1n) is 5.97. The van der Waals surface area contributed by atoms with E-state index in [0.29, 0.717) is 5.03 Å². The van der Waals surface area contributed by atoms with Crippen molar-refractivity contribution in [1.82, 2.24) is 0 Å². The van der Waals surface area contributed by atoms with Gasteiger partial charge in [-0.05, 0) is 49.0 Å². The second-order valence-corrected chi connectivity index (χ2v) is 6.40. The fourth-order valence-corrected chi connectivity index (χ4v) is 2.63. The number of thioether (sulfide) groups is 1. The molecule has 0 radical (unpaired) electrons. The van der Waals surface area contributed by atoms with E-state index in [2.05, 4.69) is 21.2 Å². The van der Waals surface area contributed by atoms with Crippen molar-refractivity contribution in [2.75, 3.05) is 5.32 Å². The van der Waals surface area contributed by atoms with Crippen molar-refractivity contribution in [1.29, 1.82) is 0 Å². The molecule has 6 heteroatoms. The maximum Gasteiger partial charge on any atom is 0.252 e. The number of carbonyl (C=O) groups is 1. The van der Waals surface area contributed by atoms with Crippen molar-refractivity contribution in [2.45, 2.75) is 17.2 Å². The Bertz CT molecular complexity index is 604. The number of amides is 1. The van der Waals surface area contributed by atoms with E-state index in [-0.39, 0.29) is 11.2 Å². The molecule has 0 saturated heterocycles. The number of rotatable bonds is 4. The molecule has 1 unspecified atom stereocenters. The fourth-order valence-electron chi connectivity index (χ4n) is 1.52. The highest BCUT2D eigenvalue weighted by Gasteiger charge is 2.18. The average molecular weight is 353 g/mol. The van der Waals surface area contributed by atoms with Crippen LogP contribution in [0.25, 0.3) is 0 Å². The Morgan fingerprint density at radius 3 is 2.65 bits per heavy atom. The highest BCUT2D eigenvalue weighted by atomic mass is 79.9. The zero-order valence-electron chi connectivity index (χ0n) is 10.7. The first kappa shape index (κ1) is 14.9. The normalized spacial score (nSPS) is 11.9. The molecule has 0 fully saturated rings. The van der Waals surface area contributed by atoms with Crippen LogP contribution in [0.15, 0.2) is 58.2 Å². The van der Waals surface area contributed by atoms with Crippen LogP contribution in [0.4, 0.5) is 5.69 Å². The summed E-state index contributed by atoms with van der Waals surface area (Å²) >= 11 is 4.57. The molecule has 1 N–H and O–H groups in total. The van der Waals surface area contributed by atoms with Gasteiger partial charge in [-0.3, -0.25) is 4.79 Å². The Kier molecular flexibility index (Phi) is 5.03. The molecule has 1 aromatic heterocycles. The van der Waals surface area contributed by atoms with Crippen LogP contribution in [0.2, 0.25) is 0 Å². The van der Waals surface area contributed by atoms with Gasteiger partial charge in [0.05, 0.1) is 5.25 Å². The van der Waals surface area contributed by atoms with Crippen molar-refractivity contribution in [2.24, 2.45) is 0 Å².